The maximum absolute atomic E-state index is 12.6. The van der Waals surface area contributed by atoms with Crippen LogP contribution in [0.2, 0.25) is 0 Å². The molecule has 1 amide bonds. The molecule has 0 radical (unpaired) electrons. The van der Waals surface area contributed by atoms with Gasteiger partial charge in [0.05, 0.1) is 22.5 Å². The molecule has 0 unspecified atom stereocenters. The maximum atomic E-state index is 12.6. The van der Waals surface area contributed by atoms with Crippen LogP contribution in [0.5, 0.6) is 0 Å². The molecule has 0 atom stereocenters. The smallest absolute Gasteiger partial charge is 0.305 e. The van der Waals surface area contributed by atoms with Gasteiger partial charge >= 0.3 is 5.97 Å². The first-order valence-electron chi connectivity index (χ1n) is 7.82. The molecule has 7 heteroatoms. The summed E-state index contributed by atoms with van der Waals surface area (Å²) in [6, 6.07) is 1.88. The van der Waals surface area contributed by atoms with E-state index in [0.29, 0.717) is 4.88 Å². The molecule has 1 aliphatic rings. The van der Waals surface area contributed by atoms with Crippen molar-refractivity contribution in [3.63, 3.8) is 0 Å². The number of nitrogens with zero attached hydrogens (tertiary/aromatic N) is 2. The highest BCUT2D eigenvalue weighted by Gasteiger charge is 2.40. The molecule has 0 bridgehead atoms. The van der Waals surface area contributed by atoms with E-state index >= 15 is 0 Å². The van der Waals surface area contributed by atoms with Crippen molar-refractivity contribution in [2.24, 2.45) is 7.05 Å². The van der Waals surface area contributed by atoms with Crippen molar-refractivity contribution in [3.8, 4) is 0 Å². The first-order chi connectivity index (χ1) is 10.8. The Morgan fingerprint density at radius 1 is 1.48 bits per heavy atom. The van der Waals surface area contributed by atoms with Gasteiger partial charge in [0.2, 0.25) is 0 Å². The molecule has 6 nitrogen and oxygen atoms in total. The Morgan fingerprint density at radius 2 is 2.17 bits per heavy atom. The fourth-order valence-corrected chi connectivity index (χ4v) is 4.12. The number of thiophene rings is 1. The van der Waals surface area contributed by atoms with E-state index in [-0.39, 0.29) is 18.2 Å². The fraction of sp³-hybridized carbons (Fsp3) is 0.562. The molecule has 124 valence electrons. The number of fused-ring (bicyclic) bond motifs is 1. The Bertz CT molecular complexity index is 771. The number of carboxylic acid groups (broad SMARTS) is 1. The van der Waals surface area contributed by atoms with Crippen molar-refractivity contribution in [1.82, 2.24) is 15.1 Å². The minimum Gasteiger partial charge on any atom is -0.481 e. The SMILES string of the molecule is CC(C)c1nn(C)c2sc(C(=O)NC3(CC(=O)O)CCC3)cc12. The van der Waals surface area contributed by atoms with Crippen molar-refractivity contribution in [2.75, 3.05) is 0 Å². The molecule has 1 aliphatic carbocycles. The van der Waals surface area contributed by atoms with E-state index in [9.17, 15) is 9.59 Å². The molecule has 0 aromatic carbocycles. The van der Waals surface area contributed by atoms with Crippen LogP contribution < -0.4 is 5.32 Å². The largest absolute Gasteiger partial charge is 0.481 e. The van der Waals surface area contributed by atoms with E-state index in [1.165, 1.54) is 11.3 Å². The van der Waals surface area contributed by atoms with E-state index in [0.717, 1.165) is 35.2 Å². The number of amides is 1. The van der Waals surface area contributed by atoms with E-state index in [4.69, 9.17) is 5.11 Å². The summed E-state index contributed by atoms with van der Waals surface area (Å²) in [6.07, 6.45) is 2.41. The highest BCUT2D eigenvalue weighted by molar-refractivity contribution is 7.20. The van der Waals surface area contributed by atoms with Crippen LogP contribution in [0.4, 0.5) is 0 Å². The van der Waals surface area contributed by atoms with Crippen LogP contribution in [0.1, 0.15) is 60.8 Å². The summed E-state index contributed by atoms with van der Waals surface area (Å²) in [5.41, 5.74) is 0.416. The quantitative estimate of drug-likeness (QED) is 0.880. The lowest BCUT2D eigenvalue weighted by Crippen LogP contribution is -2.54. The molecule has 2 heterocycles. The Labute approximate surface area is 138 Å². The van der Waals surface area contributed by atoms with Gasteiger partial charge in [0.15, 0.2) is 0 Å². The number of hydrogen-bond acceptors (Lipinski definition) is 4. The molecule has 2 N–H and O–H groups in total. The number of nitrogens with one attached hydrogen (secondary N) is 1. The summed E-state index contributed by atoms with van der Waals surface area (Å²) < 4.78 is 1.81. The Kier molecular flexibility index (Phi) is 3.91. The standard InChI is InChI=1S/C16H21N3O3S/c1-9(2)13-10-7-11(23-15(10)19(3)18-13)14(22)17-16(5-4-6-16)8-12(20)21/h7,9H,4-6,8H2,1-3H3,(H,17,22)(H,20,21). The molecule has 0 saturated heterocycles. The summed E-state index contributed by atoms with van der Waals surface area (Å²) >= 11 is 1.41. The highest BCUT2D eigenvalue weighted by atomic mass is 32.1. The molecule has 0 aliphatic heterocycles. The van der Waals surface area contributed by atoms with Crippen molar-refractivity contribution < 1.29 is 14.7 Å². The number of aryl methyl sites for hydroxylation is 1. The minimum absolute atomic E-state index is 0.0115. The Hall–Kier alpha value is -1.89. The second-order valence-electron chi connectivity index (χ2n) is 6.65. The molecule has 0 spiro atoms. The van der Waals surface area contributed by atoms with Crippen molar-refractivity contribution in [3.05, 3.63) is 16.6 Å². The van der Waals surface area contributed by atoms with Gasteiger partial charge in [0.1, 0.15) is 4.83 Å². The van der Waals surface area contributed by atoms with Crippen LogP contribution >= 0.6 is 11.3 Å². The summed E-state index contributed by atoms with van der Waals surface area (Å²) in [5.74, 6) is -0.760. The topological polar surface area (TPSA) is 84.2 Å². The molecule has 2 aromatic rings. The molecular formula is C16H21N3O3S. The predicted molar refractivity (Wildman–Crippen MR) is 89.0 cm³/mol. The maximum Gasteiger partial charge on any atom is 0.305 e. The lowest BCUT2D eigenvalue weighted by atomic mass is 9.74. The van der Waals surface area contributed by atoms with E-state index in [2.05, 4.69) is 24.3 Å². The van der Waals surface area contributed by atoms with Crippen LogP contribution in [0.25, 0.3) is 10.2 Å². The average Bonchev–Trinajstić information content (AvgIpc) is 2.96. The zero-order valence-electron chi connectivity index (χ0n) is 13.5. The van der Waals surface area contributed by atoms with Crippen LogP contribution in [-0.4, -0.2) is 32.3 Å². The monoisotopic (exact) mass is 335 g/mol. The van der Waals surface area contributed by atoms with Gasteiger partial charge in [-0.15, -0.1) is 11.3 Å². The van der Waals surface area contributed by atoms with Gasteiger partial charge in [-0.25, -0.2) is 0 Å². The first kappa shape index (κ1) is 16.0. The van der Waals surface area contributed by atoms with Gasteiger partial charge < -0.3 is 10.4 Å². The zero-order valence-corrected chi connectivity index (χ0v) is 14.4. The molecule has 1 saturated carbocycles. The number of hydrogen-bond donors (Lipinski definition) is 2. The number of carboxylic acids is 1. The number of carbonyl (C=O) groups is 2. The molecule has 23 heavy (non-hydrogen) atoms. The van der Waals surface area contributed by atoms with Gasteiger partial charge in [0.25, 0.3) is 5.91 Å². The second kappa shape index (κ2) is 5.63. The number of carbonyl (C=O) groups excluding carboxylic acids is 1. The normalized spacial score (nSPS) is 16.5. The Balaban J connectivity index is 1.86. The van der Waals surface area contributed by atoms with Gasteiger partial charge in [-0.05, 0) is 31.2 Å². The van der Waals surface area contributed by atoms with E-state index < -0.39 is 11.5 Å². The predicted octanol–water partition coefficient (Wildman–Crippen LogP) is 2.89. The summed E-state index contributed by atoms with van der Waals surface area (Å²) in [4.78, 5) is 25.2. The molecule has 3 rings (SSSR count). The summed E-state index contributed by atoms with van der Waals surface area (Å²) in [6.45, 7) is 4.16. The summed E-state index contributed by atoms with van der Waals surface area (Å²) in [7, 11) is 1.88. The third-order valence-electron chi connectivity index (χ3n) is 4.49. The van der Waals surface area contributed by atoms with Gasteiger partial charge in [-0.3, -0.25) is 14.3 Å². The number of aliphatic carboxylic acids is 1. The van der Waals surface area contributed by atoms with Crippen LogP contribution in [0.15, 0.2) is 6.07 Å². The van der Waals surface area contributed by atoms with Crippen molar-refractivity contribution >= 4 is 33.4 Å². The fourth-order valence-electron chi connectivity index (χ4n) is 3.15. The van der Waals surface area contributed by atoms with Crippen LogP contribution in [0.3, 0.4) is 0 Å². The number of aromatic nitrogens is 2. The number of rotatable bonds is 5. The lowest BCUT2D eigenvalue weighted by Gasteiger charge is -2.41. The Morgan fingerprint density at radius 3 is 2.70 bits per heavy atom. The van der Waals surface area contributed by atoms with Crippen molar-refractivity contribution in [2.45, 2.75) is 51.0 Å². The first-order valence-corrected chi connectivity index (χ1v) is 8.64. The summed E-state index contributed by atoms with van der Waals surface area (Å²) in [5, 5.41) is 17.5. The molecule has 1 fully saturated rings. The van der Waals surface area contributed by atoms with E-state index in [1.807, 2.05) is 17.8 Å². The van der Waals surface area contributed by atoms with Crippen molar-refractivity contribution in [1.29, 1.82) is 0 Å². The molecular weight excluding hydrogens is 314 g/mol. The average molecular weight is 335 g/mol. The second-order valence-corrected chi connectivity index (χ2v) is 7.68. The van der Waals surface area contributed by atoms with E-state index in [1.54, 1.807) is 0 Å². The minimum atomic E-state index is -0.868. The van der Waals surface area contributed by atoms with Gasteiger partial charge in [-0.2, -0.15) is 5.10 Å². The van der Waals surface area contributed by atoms with Crippen LogP contribution in [-0.2, 0) is 11.8 Å². The third-order valence-corrected chi connectivity index (χ3v) is 5.69. The van der Waals surface area contributed by atoms with Gasteiger partial charge in [-0.1, -0.05) is 13.8 Å². The highest BCUT2D eigenvalue weighted by Crippen LogP contribution is 2.36. The van der Waals surface area contributed by atoms with Crippen LogP contribution in [0, 0.1) is 0 Å². The lowest BCUT2D eigenvalue weighted by molar-refractivity contribution is -0.139. The zero-order chi connectivity index (χ0) is 16.8. The van der Waals surface area contributed by atoms with Gasteiger partial charge in [0, 0.05) is 12.4 Å². The molecule has 2 aromatic heterocycles. The third kappa shape index (κ3) is 2.85.